The summed E-state index contributed by atoms with van der Waals surface area (Å²) < 4.78 is 41.7. The van der Waals surface area contributed by atoms with E-state index in [1.165, 1.54) is 63.2 Å². The molecule has 6 aliphatic rings. The SMILES string of the molecule is COc1cccc2c1C(=O)c1c(O)c3c(c(O)c1C2=O)C[C@@](O)(C(=O)N(C)CCN(C)C(=O)OCc1ccc(NC(=O)[C@H](C)NC(=O)[C@@H](NC(=O)CCN2C(=O)C=CC2=O)C(C)C)cc1)C[C@@H]3O[C@H]1C[C@H]2[C@H](O[C@@H]3[C@@H](OC)OCCN32)[C@H](C)O1. The van der Waals surface area contributed by atoms with Gasteiger partial charge in [0.2, 0.25) is 23.5 Å². The van der Waals surface area contributed by atoms with Crippen LogP contribution in [-0.2, 0) is 70.2 Å². The first-order chi connectivity index (χ1) is 39.9. The van der Waals surface area contributed by atoms with E-state index < -0.39 is 143 Å². The number of carbonyl (C=O) groups excluding carboxylic acids is 9. The van der Waals surface area contributed by atoms with Crippen molar-refractivity contribution in [3.05, 3.63) is 93.6 Å². The summed E-state index contributed by atoms with van der Waals surface area (Å²) in [6, 6.07) is 8.42. The number of morpholine rings is 1. The number of hydrogen-bond donors (Lipinski definition) is 6. The van der Waals surface area contributed by atoms with Crippen molar-refractivity contribution < 1.29 is 91.6 Å². The number of imide groups is 1. The number of aromatic hydroxyl groups is 2. The molecule has 3 fully saturated rings. The second kappa shape index (κ2) is 24.8. The van der Waals surface area contributed by atoms with E-state index in [0.717, 1.165) is 17.1 Å². The zero-order chi connectivity index (χ0) is 60.6. The van der Waals surface area contributed by atoms with Crippen molar-refractivity contribution >= 4 is 58.8 Å². The van der Waals surface area contributed by atoms with E-state index in [-0.39, 0.29) is 79.0 Å². The quantitative estimate of drug-likeness (QED) is 0.0576. The largest absolute Gasteiger partial charge is 0.507 e. The molecular formula is C58H69N7O19. The first kappa shape index (κ1) is 60.7. The Morgan fingerprint density at radius 1 is 0.857 bits per heavy atom. The average molecular weight is 1170 g/mol. The maximum absolute atomic E-state index is 14.6. The lowest BCUT2D eigenvalue weighted by Gasteiger charge is -2.44. The van der Waals surface area contributed by atoms with E-state index in [0.29, 0.717) is 24.4 Å². The molecule has 6 N–H and O–H groups in total. The summed E-state index contributed by atoms with van der Waals surface area (Å²) >= 11 is 0. The molecule has 3 saturated heterocycles. The zero-order valence-corrected chi connectivity index (χ0v) is 47.7. The molecule has 0 spiro atoms. The Balaban J connectivity index is 0.820. The Bertz CT molecular complexity index is 3150. The number of nitrogens with zero attached hydrogens (tertiary/aromatic N) is 4. The van der Waals surface area contributed by atoms with Crippen LogP contribution in [0.2, 0.25) is 0 Å². The number of nitrogens with one attached hydrogen (secondary N) is 3. The Labute approximate surface area is 483 Å². The van der Waals surface area contributed by atoms with Crippen LogP contribution in [0.3, 0.4) is 0 Å². The van der Waals surface area contributed by atoms with Gasteiger partial charge in [-0.3, -0.25) is 48.2 Å². The van der Waals surface area contributed by atoms with Gasteiger partial charge in [0, 0.05) is 114 Å². The third-order valence-electron chi connectivity index (χ3n) is 16.1. The predicted octanol–water partition coefficient (Wildman–Crippen LogP) is 1.78. The van der Waals surface area contributed by atoms with Gasteiger partial charge in [0.25, 0.3) is 17.7 Å². The summed E-state index contributed by atoms with van der Waals surface area (Å²) in [6.07, 6.45) is -4.29. The number of rotatable bonds is 19. The number of hydrogen-bond acceptors (Lipinski definition) is 20. The van der Waals surface area contributed by atoms with E-state index in [1.807, 2.05) is 6.92 Å². The molecule has 26 nitrogen and oxygen atoms in total. The molecule has 0 aromatic heterocycles. The molecule has 0 unspecified atom stereocenters. The molecule has 3 aromatic carbocycles. The van der Waals surface area contributed by atoms with Crippen molar-refractivity contribution in [3.63, 3.8) is 0 Å². The summed E-state index contributed by atoms with van der Waals surface area (Å²) in [6.45, 7) is 7.01. The fourth-order valence-corrected chi connectivity index (χ4v) is 11.5. The first-order valence-electron chi connectivity index (χ1n) is 27.6. The molecule has 450 valence electrons. The molecule has 9 rings (SSSR count). The molecule has 84 heavy (non-hydrogen) atoms. The van der Waals surface area contributed by atoms with Crippen LogP contribution >= 0.6 is 0 Å². The van der Waals surface area contributed by atoms with Crippen LogP contribution in [0.5, 0.6) is 17.2 Å². The Hall–Kier alpha value is -7.85. The van der Waals surface area contributed by atoms with E-state index in [4.69, 9.17) is 33.2 Å². The number of carbonyl (C=O) groups is 9. The highest BCUT2D eigenvalue weighted by Crippen LogP contribution is 2.53. The topological polar surface area (TPSA) is 328 Å². The highest BCUT2D eigenvalue weighted by Gasteiger charge is 2.56. The second-order valence-corrected chi connectivity index (χ2v) is 22.0. The van der Waals surface area contributed by atoms with E-state index in [2.05, 4.69) is 20.9 Å². The van der Waals surface area contributed by atoms with Gasteiger partial charge in [-0.15, -0.1) is 0 Å². The number of ketones is 2. The van der Waals surface area contributed by atoms with E-state index in [9.17, 15) is 58.5 Å². The molecule has 26 heteroatoms. The smallest absolute Gasteiger partial charge is 0.409 e. The number of aliphatic hydroxyl groups is 1. The van der Waals surface area contributed by atoms with Crippen LogP contribution in [0.4, 0.5) is 10.5 Å². The fraction of sp³-hybridized carbons (Fsp3) is 0.500. The minimum Gasteiger partial charge on any atom is -0.507 e. The van der Waals surface area contributed by atoms with Crippen molar-refractivity contribution in [1.82, 2.24) is 30.2 Å². The highest BCUT2D eigenvalue weighted by molar-refractivity contribution is 6.31. The zero-order valence-electron chi connectivity index (χ0n) is 47.7. The van der Waals surface area contributed by atoms with Crippen molar-refractivity contribution in [2.24, 2.45) is 5.92 Å². The molecule has 7 amide bonds. The molecule has 4 heterocycles. The van der Waals surface area contributed by atoms with Crippen LogP contribution in [0.15, 0.2) is 54.6 Å². The average Bonchev–Trinajstić information content (AvgIpc) is 1.21. The van der Waals surface area contributed by atoms with Gasteiger partial charge in [-0.2, -0.15) is 0 Å². The van der Waals surface area contributed by atoms with Gasteiger partial charge >= 0.3 is 6.09 Å². The Morgan fingerprint density at radius 2 is 1.55 bits per heavy atom. The molecule has 0 radical (unpaired) electrons. The molecule has 2 aliphatic carbocycles. The molecule has 0 saturated carbocycles. The summed E-state index contributed by atoms with van der Waals surface area (Å²) in [5.41, 5.74) is -2.95. The standard InChI is InChI=1S/C58H69N7O19/c1-28(2)46(61-38(66)18-19-65-39(67)16-17-40(65)68)53(74)59-29(3)52(73)60-32-14-12-31(13-15-32)27-81-57(76)63(6)21-20-62(5)56(75)58(77)25-34-43(50(72)45-44(48(34)70)47(69)33-10-9-11-36(78-7)42(33)49(45)71)37(26-58)83-41-24-35-51(30(4)82-41)84-54-55(79-8)80-23-22-64(35)54/h9-17,28-30,35,37,41,46,51,54-55,70,72,77H,18-27H2,1-8H3,(H,59,74)(H,60,73)(H,61,66)/t29-,30-,35-,37-,41-,46-,51+,54+,55-,58-/m0/s1. The van der Waals surface area contributed by atoms with E-state index in [1.54, 1.807) is 38.1 Å². The number of anilines is 1. The molecule has 3 aromatic rings. The summed E-state index contributed by atoms with van der Waals surface area (Å²) in [7, 11) is 5.70. The van der Waals surface area contributed by atoms with Crippen molar-refractivity contribution in [2.45, 2.75) is 121 Å². The third-order valence-corrected chi connectivity index (χ3v) is 16.1. The minimum absolute atomic E-state index is 0.0701. The van der Waals surface area contributed by atoms with Gasteiger partial charge < -0.3 is 74.2 Å². The molecule has 10 atom stereocenters. The van der Waals surface area contributed by atoms with Crippen LogP contribution in [-0.4, -0.2) is 204 Å². The van der Waals surface area contributed by atoms with Gasteiger partial charge in [0.1, 0.15) is 47.6 Å². The predicted molar refractivity (Wildman–Crippen MR) is 292 cm³/mol. The van der Waals surface area contributed by atoms with Gasteiger partial charge in [-0.1, -0.05) is 38.1 Å². The van der Waals surface area contributed by atoms with Crippen molar-refractivity contribution in [3.8, 4) is 17.2 Å². The van der Waals surface area contributed by atoms with Crippen molar-refractivity contribution in [2.75, 3.05) is 66.4 Å². The Kier molecular flexibility index (Phi) is 17.9. The number of phenols is 2. The lowest BCUT2D eigenvalue weighted by Crippen LogP contribution is -2.55. The van der Waals surface area contributed by atoms with Gasteiger partial charge in [-0.05, 0) is 43.5 Å². The lowest BCUT2D eigenvalue weighted by atomic mass is 9.72. The number of likely N-dealkylation sites (N-methyl/N-ethyl adjacent to an activating group) is 2. The van der Waals surface area contributed by atoms with Crippen LogP contribution in [0, 0.1) is 5.92 Å². The summed E-state index contributed by atoms with van der Waals surface area (Å²) in [5, 5.41) is 44.8. The maximum Gasteiger partial charge on any atom is 0.409 e. The molecule has 0 bridgehead atoms. The van der Waals surface area contributed by atoms with Gasteiger partial charge in [-0.25, -0.2) is 4.79 Å². The Morgan fingerprint density at radius 3 is 2.23 bits per heavy atom. The van der Waals surface area contributed by atoms with Crippen LogP contribution in [0.25, 0.3) is 0 Å². The number of fused-ring (bicyclic) bond motifs is 6. The first-order valence-corrected chi connectivity index (χ1v) is 27.6. The molecular weight excluding hydrogens is 1100 g/mol. The second-order valence-electron chi connectivity index (χ2n) is 22.0. The fourth-order valence-electron chi connectivity index (χ4n) is 11.5. The monoisotopic (exact) mass is 1170 g/mol. The minimum atomic E-state index is -2.36. The number of benzene rings is 3. The summed E-state index contributed by atoms with van der Waals surface area (Å²) in [4.78, 5) is 124. The number of ether oxygens (including phenoxy) is 7. The molecule has 4 aliphatic heterocycles. The highest BCUT2D eigenvalue weighted by atomic mass is 16.7. The summed E-state index contributed by atoms with van der Waals surface area (Å²) in [5.74, 6) is -6.96. The van der Waals surface area contributed by atoms with Crippen molar-refractivity contribution in [1.29, 1.82) is 0 Å². The number of methoxy groups -OCH3 is 2. The van der Waals surface area contributed by atoms with Crippen LogP contribution < -0.4 is 20.7 Å². The number of phenolic OH excluding ortho intramolecular Hbond substituents is 2. The van der Waals surface area contributed by atoms with Gasteiger partial charge in [0.15, 0.2) is 24.6 Å². The van der Waals surface area contributed by atoms with Gasteiger partial charge in [0.05, 0.1) is 42.6 Å². The maximum atomic E-state index is 14.6. The number of amides is 7. The lowest BCUT2D eigenvalue weighted by molar-refractivity contribution is -0.256. The normalized spacial score (nSPS) is 24.9. The van der Waals surface area contributed by atoms with E-state index >= 15 is 0 Å². The van der Waals surface area contributed by atoms with Crippen LogP contribution in [0.1, 0.15) is 102 Å². The third kappa shape index (κ3) is 12.0.